The van der Waals surface area contributed by atoms with Crippen LogP contribution in [0.2, 0.25) is 0 Å². The molecule has 4 rings (SSSR count). The molecule has 0 radical (unpaired) electrons. The number of aliphatic imine (C=N–C) groups is 1. The van der Waals surface area contributed by atoms with Gasteiger partial charge in [-0.1, -0.05) is 35.0 Å². The molecule has 7 nitrogen and oxygen atoms in total. The van der Waals surface area contributed by atoms with Gasteiger partial charge in [0.25, 0.3) is 0 Å². The summed E-state index contributed by atoms with van der Waals surface area (Å²) in [7, 11) is 0. The topological polar surface area (TPSA) is 92.0 Å². The highest BCUT2D eigenvalue weighted by Crippen LogP contribution is 2.22. The van der Waals surface area contributed by atoms with Gasteiger partial charge in [0.05, 0.1) is 23.9 Å². The SMILES string of the molecule is N#CC1=CNC(c2cc(-c3ccon3)n(Cc3ccccc3F)n2)=NC1Cl. The summed E-state index contributed by atoms with van der Waals surface area (Å²) in [4.78, 5) is 4.25. The van der Waals surface area contributed by atoms with Crippen molar-refractivity contribution < 1.29 is 8.91 Å². The van der Waals surface area contributed by atoms with Crippen molar-refractivity contribution in [2.75, 3.05) is 0 Å². The first-order chi connectivity index (χ1) is 13.2. The summed E-state index contributed by atoms with van der Waals surface area (Å²) in [6, 6.07) is 11.9. The van der Waals surface area contributed by atoms with Crippen LogP contribution in [0.4, 0.5) is 4.39 Å². The predicted octanol–water partition coefficient (Wildman–Crippen LogP) is 3.05. The highest BCUT2D eigenvalue weighted by molar-refractivity contribution is 6.24. The zero-order valence-electron chi connectivity index (χ0n) is 13.8. The molecule has 3 heterocycles. The van der Waals surface area contributed by atoms with E-state index in [4.69, 9.17) is 21.4 Å². The number of halogens is 2. The summed E-state index contributed by atoms with van der Waals surface area (Å²) in [5.41, 5.74) is 1.67. The first kappa shape index (κ1) is 17.0. The van der Waals surface area contributed by atoms with Crippen LogP contribution in [0.25, 0.3) is 11.4 Å². The molecule has 0 amide bonds. The summed E-state index contributed by atoms with van der Waals surface area (Å²) in [5.74, 6) is 0.0854. The molecule has 0 bridgehead atoms. The van der Waals surface area contributed by atoms with E-state index in [0.717, 1.165) is 0 Å². The molecule has 0 saturated carbocycles. The molecule has 9 heteroatoms. The number of hydrogen-bond acceptors (Lipinski definition) is 6. The van der Waals surface area contributed by atoms with Crippen LogP contribution in [-0.2, 0) is 6.54 Å². The monoisotopic (exact) mass is 382 g/mol. The average Bonchev–Trinajstić information content (AvgIpc) is 3.33. The third kappa shape index (κ3) is 3.32. The van der Waals surface area contributed by atoms with E-state index in [1.165, 1.54) is 18.5 Å². The number of nitrogens with zero attached hydrogens (tertiary/aromatic N) is 5. The fraction of sp³-hybridized carbons (Fsp3) is 0.111. The number of amidine groups is 1. The number of rotatable bonds is 4. The highest BCUT2D eigenvalue weighted by atomic mass is 35.5. The van der Waals surface area contributed by atoms with Gasteiger partial charge < -0.3 is 9.84 Å². The van der Waals surface area contributed by atoms with Gasteiger partial charge in [0.15, 0.2) is 11.3 Å². The Kier molecular flexibility index (Phi) is 4.44. The van der Waals surface area contributed by atoms with Gasteiger partial charge >= 0.3 is 0 Å². The minimum Gasteiger partial charge on any atom is -0.364 e. The van der Waals surface area contributed by atoms with Gasteiger partial charge in [-0.05, 0) is 12.1 Å². The van der Waals surface area contributed by atoms with Gasteiger partial charge in [0.2, 0.25) is 0 Å². The maximum atomic E-state index is 14.1. The molecule has 1 aliphatic heterocycles. The number of hydrogen-bond donors (Lipinski definition) is 1. The summed E-state index contributed by atoms with van der Waals surface area (Å²) < 4.78 is 20.6. The van der Waals surface area contributed by atoms with Gasteiger partial charge in [-0.2, -0.15) is 10.4 Å². The Labute approximate surface area is 158 Å². The molecule has 1 unspecified atom stereocenters. The van der Waals surface area contributed by atoms with Gasteiger partial charge in [0.1, 0.15) is 23.5 Å². The fourth-order valence-electron chi connectivity index (χ4n) is 2.65. The standard InChI is InChI=1S/C18H12ClFN6O/c19-17-12(8-21)9-22-18(23-17)15-7-16(14-5-6-27-25-14)26(24-15)10-11-3-1-2-4-13(11)20/h1-7,9,17H,10H2,(H,22,23). The van der Waals surface area contributed by atoms with Crippen molar-refractivity contribution in [1.29, 1.82) is 5.26 Å². The molecule has 0 spiro atoms. The molecular formula is C18H12ClFN6O. The summed E-state index contributed by atoms with van der Waals surface area (Å²) in [6.07, 6.45) is 2.94. The normalized spacial score (nSPS) is 16.3. The Morgan fingerprint density at radius 2 is 2.15 bits per heavy atom. The molecule has 0 fully saturated rings. The number of alkyl halides is 1. The van der Waals surface area contributed by atoms with Crippen LogP contribution in [-0.4, -0.2) is 26.3 Å². The van der Waals surface area contributed by atoms with Crippen molar-refractivity contribution in [3.05, 3.63) is 71.5 Å². The summed E-state index contributed by atoms with van der Waals surface area (Å²) in [6.45, 7) is 0.200. The summed E-state index contributed by atoms with van der Waals surface area (Å²) >= 11 is 6.09. The number of aromatic nitrogens is 3. The van der Waals surface area contributed by atoms with E-state index in [0.29, 0.717) is 34.1 Å². The van der Waals surface area contributed by atoms with E-state index >= 15 is 0 Å². The Balaban J connectivity index is 1.73. The third-order valence-electron chi connectivity index (χ3n) is 3.99. The first-order valence-corrected chi connectivity index (χ1v) is 8.40. The van der Waals surface area contributed by atoms with Crippen LogP contribution in [0, 0.1) is 17.1 Å². The number of nitriles is 1. The van der Waals surface area contributed by atoms with Gasteiger partial charge in [-0.25, -0.2) is 9.38 Å². The molecule has 1 aliphatic rings. The van der Waals surface area contributed by atoms with E-state index in [1.54, 1.807) is 35.0 Å². The lowest BCUT2D eigenvalue weighted by molar-refractivity contribution is 0.421. The Morgan fingerprint density at radius 1 is 1.30 bits per heavy atom. The largest absolute Gasteiger partial charge is 0.364 e. The van der Waals surface area contributed by atoms with Crippen LogP contribution < -0.4 is 5.32 Å². The van der Waals surface area contributed by atoms with Crippen LogP contribution in [0.3, 0.4) is 0 Å². The van der Waals surface area contributed by atoms with Crippen molar-refractivity contribution in [3.8, 4) is 17.5 Å². The van der Waals surface area contributed by atoms with Crippen molar-refractivity contribution in [3.63, 3.8) is 0 Å². The Hall–Kier alpha value is -3.44. The first-order valence-electron chi connectivity index (χ1n) is 7.96. The zero-order valence-corrected chi connectivity index (χ0v) is 14.6. The van der Waals surface area contributed by atoms with Crippen LogP contribution >= 0.6 is 11.6 Å². The van der Waals surface area contributed by atoms with E-state index in [-0.39, 0.29) is 12.4 Å². The average molecular weight is 383 g/mol. The molecule has 3 aromatic rings. The lowest BCUT2D eigenvalue weighted by Gasteiger charge is -2.13. The van der Waals surface area contributed by atoms with Crippen LogP contribution in [0.15, 0.2) is 63.9 Å². The predicted molar refractivity (Wildman–Crippen MR) is 96.2 cm³/mol. The highest BCUT2D eigenvalue weighted by Gasteiger charge is 2.21. The van der Waals surface area contributed by atoms with E-state index in [2.05, 4.69) is 20.6 Å². The molecule has 27 heavy (non-hydrogen) atoms. The number of benzene rings is 1. The van der Waals surface area contributed by atoms with Crippen molar-refractivity contribution in [2.45, 2.75) is 12.0 Å². The molecule has 134 valence electrons. The fourth-order valence-corrected chi connectivity index (χ4v) is 2.86. The molecule has 1 atom stereocenters. The molecule has 1 aromatic carbocycles. The third-order valence-corrected chi connectivity index (χ3v) is 4.33. The second-order valence-electron chi connectivity index (χ2n) is 5.72. The lowest BCUT2D eigenvalue weighted by Crippen LogP contribution is -2.27. The van der Waals surface area contributed by atoms with Crippen LogP contribution in [0.5, 0.6) is 0 Å². The van der Waals surface area contributed by atoms with Gasteiger partial charge in [-0.3, -0.25) is 4.68 Å². The van der Waals surface area contributed by atoms with E-state index in [9.17, 15) is 4.39 Å². The van der Waals surface area contributed by atoms with Crippen molar-refractivity contribution in [2.24, 2.45) is 4.99 Å². The van der Waals surface area contributed by atoms with Crippen LogP contribution in [0.1, 0.15) is 11.3 Å². The molecular weight excluding hydrogens is 371 g/mol. The lowest BCUT2D eigenvalue weighted by atomic mass is 10.2. The van der Waals surface area contributed by atoms with Crippen molar-refractivity contribution in [1.82, 2.24) is 20.3 Å². The molecule has 2 aromatic heterocycles. The quantitative estimate of drug-likeness (QED) is 0.553. The van der Waals surface area contributed by atoms with Gasteiger partial charge in [-0.15, -0.1) is 0 Å². The number of nitrogens with one attached hydrogen (secondary N) is 1. The molecule has 1 N–H and O–H groups in total. The minimum absolute atomic E-state index is 0.200. The minimum atomic E-state index is -0.793. The summed E-state index contributed by atoms with van der Waals surface area (Å²) in [5, 5.41) is 20.4. The smallest absolute Gasteiger partial charge is 0.162 e. The Morgan fingerprint density at radius 3 is 2.85 bits per heavy atom. The van der Waals surface area contributed by atoms with E-state index < -0.39 is 5.50 Å². The zero-order chi connectivity index (χ0) is 18.8. The van der Waals surface area contributed by atoms with Crippen molar-refractivity contribution >= 4 is 17.4 Å². The van der Waals surface area contributed by atoms with E-state index in [1.807, 2.05) is 6.07 Å². The maximum absolute atomic E-state index is 14.1. The molecule has 0 saturated heterocycles. The Bertz CT molecular complexity index is 1080. The second kappa shape index (κ2) is 7.05. The second-order valence-corrected chi connectivity index (χ2v) is 6.13. The maximum Gasteiger partial charge on any atom is 0.162 e. The van der Waals surface area contributed by atoms with Gasteiger partial charge in [0, 0.05) is 17.8 Å². The molecule has 0 aliphatic carbocycles.